The summed E-state index contributed by atoms with van der Waals surface area (Å²) in [6.07, 6.45) is 1.33. The standard InChI is InChI=1S/C26H21N3O8/c1-2-26(37-22(33)11-27-20(30)7-8-21(31)32)17-10-19-23-15(9-14-5-3-4-6-18(14)28-23)12-29(19)24(34)16(17)13-36-25(26)35/h3-10H,2,11-13H2,1H3,(H,27,30)(H,31,32). The van der Waals surface area contributed by atoms with E-state index in [0.29, 0.717) is 24.0 Å². The number of aliphatic carboxylic acids is 1. The number of rotatable bonds is 6. The van der Waals surface area contributed by atoms with E-state index in [1.165, 1.54) is 0 Å². The van der Waals surface area contributed by atoms with Gasteiger partial charge in [0.1, 0.15) is 13.2 Å². The molecule has 3 aromatic rings. The number of ether oxygens (including phenoxy) is 2. The van der Waals surface area contributed by atoms with Gasteiger partial charge in [0.15, 0.2) is 0 Å². The second-order valence-corrected chi connectivity index (χ2v) is 8.62. The molecule has 0 bridgehead atoms. The van der Waals surface area contributed by atoms with Crippen LogP contribution in [-0.2, 0) is 47.4 Å². The molecule has 1 atom stereocenters. The van der Waals surface area contributed by atoms with Crippen LogP contribution in [0.4, 0.5) is 0 Å². The topological polar surface area (TPSA) is 154 Å². The molecule has 2 aromatic heterocycles. The number of carboxylic acids is 1. The zero-order valence-corrected chi connectivity index (χ0v) is 19.6. The summed E-state index contributed by atoms with van der Waals surface area (Å²) in [6, 6.07) is 11.2. The minimum atomic E-state index is -1.90. The molecule has 2 N–H and O–H groups in total. The van der Waals surface area contributed by atoms with E-state index in [9.17, 15) is 24.0 Å². The third kappa shape index (κ3) is 4.03. The van der Waals surface area contributed by atoms with E-state index < -0.39 is 36.0 Å². The fraction of sp³-hybridized carbons (Fsp3) is 0.231. The van der Waals surface area contributed by atoms with Crippen molar-refractivity contribution in [3.8, 4) is 11.4 Å². The van der Waals surface area contributed by atoms with Crippen LogP contribution in [0.25, 0.3) is 22.3 Å². The van der Waals surface area contributed by atoms with Crippen LogP contribution in [-0.4, -0.2) is 45.0 Å². The quantitative estimate of drug-likeness (QED) is 0.293. The highest BCUT2D eigenvalue weighted by Gasteiger charge is 2.50. The van der Waals surface area contributed by atoms with Crippen LogP contribution in [0.1, 0.15) is 30.0 Å². The van der Waals surface area contributed by atoms with Gasteiger partial charge in [0.2, 0.25) is 11.5 Å². The van der Waals surface area contributed by atoms with Crippen LogP contribution in [0.2, 0.25) is 0 Å². The lowest BCUT2D eigenvalue weighted by Gasteiger charge is -2.35. The van der Waals surface area contributed by atoms with Crippen molar-refractivity contribution in [3.63, 3.8) is 0 Å². The third-order valence-electron chi connectivity index (χ3n) is 6.46. The van der Waals surface area contributed by atoms with Gasteiger partial charge in [0, 0.05) is 28.7 Å². The van der Waals surface area contributed by atoms with Crippen LogP contribution < -0.4 is 10.9 Å². The van der Waals surface area contributed by atoms with Crippen LogP contribution in [0.15, 0.2) is 53.3 Å². The molecule has 1 unspecified atom stereocenters. The molecule has 0 saturated carbocycles. The molecule has 188 valence electrons. The van der Waals surface area contributed by atoms with Crippen molar-refractivity contribution in [1.82, 2.24) is 14.9 Å². The average molecular weight is 503 g/mol. The smallest absolute Gasteiger partial charge is 0.355 e. The predicted molar refractivity (Wildman–Crippen MR) is 128 cm³/mol. The zero-order valence-electron chi connectivity index (χ0n) is 19.6. The van der Waals surface area contributed by atoms with Gasteiger partial charge in [0.05, 0.1) is 29.0 Å². The second-order valence-electron chi connectivity index (χ2n) is 8.62. The fourth-order valence-corrected chi connectivity index (χ4v) is 4.68. The second kappa shape index (κ2) is 9.01. The number of cyclic esters (lactones) is 1. The van der Waals surface area contributed by atoms with Gasteiger partial charge >= 0.3 is 17.9 Å². The van der Waals surface area contributed by atoms with E-state index in [1.54, 1.807) is 17.6 Å². The highest BCUT2D eigenvalue weighted by Crippen LogP contribution is 2.40. The number of hydrogen-bond acceptors (Lipinski definition) is 8. The Morgan fingerprint density at radius 1 is 1.22 bits per heavy atom. The van der Waals surface area contributed by atoms with Crippen LogP contribution in [0, 0.1) is 0 Å². The van der Waals surface area contributed by atoms with E-state index in [2.05, 4.69) is 5.32 Å². The summed E-state index contributed by atoms with van der Waals surface area (Å²) in [7, 11) is 0. The molecular weight excluding hydrogens is 482 g/mol. The number of carboxylic acid groups (broad SMARTS) is 1. The average Bonchev–Trinajstić information content (AvgIpc) is 3.24. The van der Waals surface area contributed by atoms with Gasteiger partial charge in [-0.05, 0) is 24.6 Å². The van der Waals surface area contributed by atoms with E-state index in [-0.39, 0.29) is 29.7 Å². The zero-order chi connectivity index (χ0) is 26.3. The summed E-state index contributed by atoms with van der Waals surface area (Å²) in [6.45, 7) is 1.02. The number of hydrogen-bond donors (Lipinski definition) is 2. The largest absolute Gasteiger partial charge is 0.478 e. The van der Waals surface area contributed by atoms with Crippen molar-refractivity contribution in [3.05, 3.63) is 75.6 Å². The molecule has 1 aromatic carbocycles. The molecular formula is C26H21N3O8. The normalized spacial score (nSPS) is 17.6. The molecule has 1 amide bonds. The van der Waals surface area contributed by atoms with Crippen molar-refractivity contribution in [1.29, 1.82) is 0 Å². The number of esters is 2. The molecule has 0 spiro atoms. The molecule has 37 heavy (non-hydrogen) atoms. The Morgan fingerprint density at radius 2 is 2.00 bits per heavy atom. The van der Waals surface area contributed by atoms with Crippen molar-refractivity contribution in [2.24, 2.45) is 0 Å². The van der Waals surface area contributed by atoms with Crippen LogP contribution in [0.3, 0.4) is 0 Å². The highest BCUT2D eigenvalue weighted by molar-refractivity contribution is 5.95. The Labute approximate surface area is 209 Å². The molecule has 11 nitrogen and oxygen atoms in total. The number of pyridine rings is 2. The van der Waals surface area contributed by atoms with E-state index in [4.69, 9.17) is 19.6 Å². The lowest BCUT2D eigenvalue weighted by molar-refractivity contribution is -0.189. The molecule has 0 saturated heterocycles. The van der Waals surface area contributed by atoms with Crippen molar-refractivity contribution >= 4 is 34.7 Å². The Kier molecular flexibility index (Phi) is 5.82. The lowest BCUT2D eigenvalue weighted by Crippen LogP contribution is -2.48. The van der Waals surface area contributed by atoms with Gasteiger partial charge in [-0.1, -0.05) is 25.1 Å². The summed E-state index contributed by atoms with van der Waals surface area (Å²) in [5.41, 5.74) is 0.844. The van der Waals surface area contributed by atoms with E-state index >= 15 is 0 Å². The van der Waals surface area contributed by atoms with Crippen LogP contribution in [0.5, 0.6) is 0 Å². The minimum Gasteiger partial charge on any atom is -0.478 e. The number of carbonyl (C=O) groups is 4. The Bertz CT molecular complexity index is 1590. The number of nitrogens with zero attached hydrogens (tertiary/aromatic N) is 2. The number of amides is 1. The minimum absolute atomic E-state index is 0.0294. The molecule has 2 aliphatic heterocycles. The number of aromatic nitrogens is 2. The number of para-hydroxylation sites is 1. The third-order valence-corrected chi connectivity index (χ3v) is 6.46. The van der Waals surface area contributed by atoms with Gasteiger partial charge in [0.25, 0.3) is 5.56 Å². The number of benzene rings is 1. The SMILES string of the molecule is CCC1(OC(=O)CNC(=O)C=CC(=O)O)C(=O)OCc2c1cc1n(c2=O)Cc2cc3ccccc3nc2-1. The van der Waals surface area contributed by atoms with Gasteiger partial charge in [-0.3, -0.25) is 14.4 Å². The van der Waals surface area contributed by atoms with E-state index in [1.807, 2.05) is 30.3 Å². The molecule has 0 radical (unpaired) electrons. The number of carbonyl (C=O) groups excluding carboxylic acids is 3. The molecule has 2 aliphatic rings. The van der Waals surface area contributed by atoms with Gasteiger partial charge in [-0.15, -0.1) is 0 Å². The first-order valence-corrected chi connectivity index (χ1v) is 11.5. The Balaban J connectivity index is 1.53. The van der Waals surface area contributed by atoms with Crippen LogP contribution >= 0.6 is 0 Å². The Morgan fingerprint density at radius 3 is 2.76 bits per heavy atom. The maximum absolute atomic E-state index is 13.5. The van der Waals surface area contributed by atoms with Crippen molar-refractivity contribution in [2.75, 3.05) is 6.54 Å². The first-order valence-electron chi connectivity index (χ1n) is 11.5. The summed E-state index contributed by atoms with van der Waals surface area (Å²) in [5, 5.41) is 11.7. The van der Waals surface area contributed by atoms with Crippen molar-refractivity contribution < 1.29 is 33.8 Å². The predicted octanol–water partition coefficient (Wildman–Crippen LogP) is 1.39. The fourth-order valence-electron chi connectivity index (χ4n) is 4.68. The van der Waals surface area contributed by atoms with Gasteiger partial charge in [-0.25, -0.2) is 14.6 Å². The molecule has 11 heteroatoms. The Hall–Kier alpha value is -4.80. The maximum atomic E-state index is 13.5. The maximum Gasteiger partial charge on any atom is 0.355 e. The molecule has 4 heterocycles. The molecule has 0 fully saturated rings. The number of fused-ring (bicyclic) bond motifs is 5. The first kappa shape index (κ1) is 23.9. The van der Waals surface area contributed by atoms with Gasteiger partial charge in [-0.2, -0.15) is 0 Å². The van der Waals surface area contributed by atoms with Crippen molar-refractivity contribution in [2.45, 2.75) is 32.1 Å². The number of nitrogens with one attached hydrogen (secondary N) is 1. The first-order chi connectivity index (χ1) is 17.7. The molecule has 5 rings (SSSR count). The summed E-state index contributed by atoms with van der Waals surface area (Å²) in [5.74, 6) is -3.95. The van der Waals surface area contributed by atoms with E-state index in [0.717, 1.165) is 22.5 Å². The van der Waals surface area contributed by atoms with Gasteiger partial charge < -0.3 is 24.5 Å². The lowest BCUT2D eigenvalue weighted by atomic mass is 9.85. The monoisotopic (exact) mass is 503 g/mol. The molecule has 0 aliphatic carbocycles. The summed E-state index contributed by atoms with van der Waals surface area (Å²) in [4.78, 5) is 66.2. The summed E-state index contributed by atoms with van der Waals surface area (Å²) >= 11 is 0. The summed E-state index contributed by atoms with van der Waals surface area (Å²) < 4.78 is 12.4. The highest BCUT2D eigenvalue weighted by atomic mass is 16.6.